The molecular formula is C20H21FO4. The zero-order valence-corrected chi connectivity index (χ0v) is 13.8. The number of esters is 1. The van der Waals surface area contributed by atoms with Crippen molar-refractivity contribution in [2.75, 3.05) is 19.8 Å². The second-order valence-electron chi connectivity index (χ2n) is 6.27. The van der Waals surface area contributed by atoms with E-state index >= 15 is 0 Å². The van der Waals surface area contributed by atoms with Crippen LogP contribution in [0.1, 0.15) is 17.0 Å². The molecule has 1 heterocycles. The van der Waals surface area contributed by atoms with E-state index in [9.17, 15) is 14.3 Å². The van der Waals surface area contributed by atoms with Crippen molar-refractivity contribution in [2.24, 2.45) is 11.8 Å². The van der Waals surface area contributed by atoms with Gasteiger partial charge in [-0.2, -0.15) is 0 Å². The SMILES string of the molecule is O=C1OC[C@@H](CO)[C@H](COCc2ccccc2)[C@H]1c1ccc(F)cc1. The Morgan fingerprint density at radius 3 is 2.52 bits per heavy atom. The molecule has 2 aromatic rings. The van der Waals surface area contributed by atoms with Gasteiger partial charge in [-0.25, -0.2) is 4.39 Å². The van der Waals surface area contributed by atoms with Crippen molar-refractivity contribution >= 4 is 5.97 Å². The Hall–Kier alpha value is -2.24. The number of aliphatic hydroxyl groups excluding tert-OH is 1. The Morgan fingerprint density at radius 1 is 1.12 bits per heavy atom. The maximum Gasteiger partial charge on any atom is 0.313 e. The van der Waals surface area contributed by atoms with E-state index in [0.29, 0.717) is 18.8 Å². The molecule has 0 unspecified atom stereocenters. The van der Waals surface area contributed by atoms with Crippen molar-refractivity contribution in [3.63, 3.8) is 0 Å². The lowest BCUT2D eigenvalue weighted by atomic mass is 9.77. The summed E-state index contributed by atoms with van der Waals surface area (Å²) in [5, 5.41) is 9.67. The van der Waals surface area contributed by atoms with Crippen molar-refractivity contribution in [1.29, 1.82) is 0 Å². The Morgan fingerprint density at radius 2 is 1.84 bits per heavy atom. The predicted octanol–water partition coefficient (Wildman–Crippen LogP) is 2.91. The first kappa shape index (κ1) is 17.6. The van der Waals surface area contributed by atoms with Crippen LogP contribution in [0.15, 0.2) is 54.6 Å². The van der Waals surface area contributed by atoms with Crippen LogP contribution in [0, 0.1) is 17.7 Å². The van der Waals surface area contributed by atoms with Gasteiger partial charge in [-0.3, -0.25) is 4.79 Å². The van der Waals surface area contributed by atoms with Gasteiger partial charge in [0.05, 0.1) is 25.7 Å². The van der Waals surface area contributed by atoms with Crippen LogP contribution in [0.3, 0.4) is 0 Å². The van der Waals surface area contributed by atoms with Crippen LogP contribution in [0.4, 0.5) is 4.39 Å². The molecule has 25 heavy (non-hydrogen) atoms. The minimum Gasteiger partial charge on any atom is -0.465 e. The van der Waals surface area contributed by atoms with E-state index in [2.05, 4.69) is 0 Å². The van der Waals surface area contributed by atoms with E-state index in [-0.39, 0.29) is 36.8 Å². The summed E-state index contributed by atoms with van der Waals surface area (Å²) in [6.07, 6.45) is 0. The normalized spacial score (nSPS) is 23.3. The first-order valence-corrected chi connectivity index (χ1v) is 8.33. The van der Waals surface area contributed by atoms with Crippen LogP contribution in [0.25, 0.3) is 0 Å². The van der Waals surface area contributed by atoms with Gasteiger partial charge in [0.15, 0.2) is 0 Å². The summed E-state index contributed by atoms with van der Waals surface area (Å²) in [4.78, 5) is 12.3. The number of ether oxygens (including phenoxy) is 2. The number of cyclic esters (lactones) is 1. The van der Waals surface area contributed by atoms with Crippen molar-refractivity contribution in [3.8, 4) is 0 Å². The summed E-state index contributed by atoms with van der Waals surface area (Å²) in [5.74, 6) is -1.71. The Kier molecular flexibility index (Phi) is 5.79. The van der Waals surface area contributed by atoms with Gasteiger partial charge in [0, 0.05) is 18.4 Å². The fraction of sp³-hybridized carbons (Fsp3) is 0.350. The molecule has 0 aromatic heterocycles. The minimum atomic E-state index is -0.567. The standard InChI is InChI=1S/C20H21FO4/c21-17-8-6-15(7-9-17)19-18(16(10-22)12-25-20(19)23)13-24-11-14-4-2-1-3-5-14/h1-9,16,18-19,22H,10-13H2/t16-,18+,19-/m1/s1. The summed E-state index contributed by atoms with van der Waals surface area (Å²) in [6.45, 7) is 0.828. The van der Waals surface area contributed by atoms with E-state index in [1.165, 1.54) is 12.1 Å². The lowest BCUT2D eigenvalue weighted by Gasteiger charge is -2.36. The molecule has 132 valence electrons. The molecule has 3 rings (SSSR count). The monoisotopic (exact) mass is 344 g/mol. The summed E-state index contributed by atoms with van der Waals surface area (Å²) >= 11 is 0. The van der Waals surface area contributed by atoms with Gasteiger partial charge in [0.1, 0.15) is 5.82 Å². The molecular weight excluding hydrogens is 323 g/mol. The summed E-state index contributed by atoms with van der Waals surface area (Å²) in [5.41, 5.74) is 1.72. The van der Waals surface area contributed by atoms with Crippen LogP contribution in [0.5, 0.6) is 0 Å². The van der Waals surface area contributed by atoms with E-state index in [1.807, 2.05) is 30.3 Å². The molecule has 1 N–H and O–H groups in total. The Bertz CT molecular complexity index is 687. The molecule has 3 atom stereocenters. The van der Waals surface area contributed by atoms with Gasteiger partial charge in [-0.05, 0) is 23.3 Å². The third-order valence-corrected chi connectivity index (χ3v) is 4.61. The van der Waals surface area contributed by atoms with Gasteiger partial charge in [0.2, 0.25) is 0 Å². The molecule has 1 saturated heterocycles. The first-order chi connectivity index (χ1) is 12.2. The lowest BCUT2D eigenvalue weighted by Crippen LogP contribution is -2.42. The quantitative estimate of drug-likeness (QED) is 0.819. The highest BCUT2D eigenvalue weighted by Gasteiger charge is 2.41. The zero-order valence-electron chi connectivity index (χ0n) is 13.8. The Balaban J connectivity index is 1.75. The predicted molar refractivity (Wildman–Crippen MR) is 90.3 cm³/mol. The number of carbonyl (C=O) groups excluding carboxylic acids is 1. The fourth-order valence-corrected chi connectivity index (χ4v) is 3.21. The molecule has 0 bridgehead atoms. The molecule has 0 amide bonds. The van der Waals surface area contributed by atoms with Crippen LogP contribution in [0.2, 0.25) is 0 Å². The molecule has 1 aliphatic rings. The topological polar surface area (TPSA) is 55.8 Å². The number of aliphatic hydroxyl groups is 1. The second-order valence-corrected chi connectivity index (χ2v) is 6.27. The number of halogens is 1. The van der Waals surface area contributed by atoms with Gasteiger partial charge < -0.3 is 14.6 Å². The van der Waals surface area contributed by atoms with E-state index in [4.69, 9.17) is 9.47 Å². The van der Waals surface area contributed by atoms with Crippen LogP contribution >= 0.6 is 0 Å². The molecule has 0 saturated carbocycles. The van der Waals surface area contributed by atoms with Crippen LogP contribution < -0.4 is 0 Å². The second kappa shape index (κ2) is 8.23. The third kappa shape index (κ3) is 4.24. The fourth-order valence-electron chi connectivity index (χ4n) is 3.21. The van der Waals surface area contributed by atoms with E-state index in [1.54, 1.807) is 12.1 Å². The zero-order chi connectivity index (χ0) is 17.6. The average Bonchev–Trinajstić information content (AvgIpc) is 2.64. The number of hydrogen-bond donors (Lipinski definition) is 1. The third-order valence-electron chi connectivity index (χ3n) is 4.61. The average molecular weight is 344 g/mol. The smallest absolute Gasteiger partial charge is 0.313 e. The molecule has 2 aromatic carbocycles. The van der Waals surface area contributed by atoms with Crippen molar-refractivity contribution < 1.29 is 23.8 Å². The number of carbonyl (C=O) groups is 1. The lowest BCUT2D eigenvalue weighted by molar-refractivity contribution is -0.160. The van der Waals surface area contributed by atoms with E-state index < -0.39 is 5.92 Å². The van der Waals surface area contributed by atoms with Gasteiger partial charge in [0.25, 0.3) is 0 Å². The van der Waals surface area contributed by atoms with Crippen molar-refractivity contribution in [3.05, 3.63) is 71.5 Å². The number of rotatable bonds is 6. The molecule has 0 spiro atoms. The maximum atomic E-state index is 13.2. The minimum absolute atomic E-state index is 0.0929. The number of hydrogen-bond acceptors (Lipinski definition) is 4. The molecule has 1 aliphatic heterocycles. The highest BCUT2D eigenvalue weighted by molar-refractivity contribution is 5.79. The summed E-state index contributed by atoms with van der Waals surface area (Å²) in [7, 11) is 0. The van der Waals surface area contributed by atoms with E-state index in [0.717, 1.165) is 5.56 Å². The Labute approximate surface area is 146 Å². The number of benzene rings is 2. The molecule has 0 radical (unpaired) electrons. The van der Waals surface area contributed by atoms with Crippen molar-refractivity contribution in [2.45, 2.75) is 12.5 Å². The highest BCUT2D eigenvalue weighted by Crippen LogP contribution is 2.36. The van der Waals surface area contributed by atoms with Gasteiger partial charge >= 0.3 is 5.97 Å². The molecule has 1 fully saturated rings. The highest BCUT2D eigenvalue weighted by atomic mass is 19.1. The van der Waals surface area contributed by atoms with Crippen molar-refractivity contribution in [1.82, 2.24) is 0 Å². The molecule has 4 nitrogen and oxygen atoms in total. The molecule has 5 heteroatoms. The summed E-state index contributed by atoms with van der Waals surface area (Å²) in [6, 6.07) is 15.6. The first-order valence-electron chi connectivity index (χ1n) is 8.33. The van der Waals surface area contributed by atoms with Crippen LogP contribution in [-0.2, 0) is 20.9 Å². The molecule has 0 aliphatic carbocycles. The van der Waals surface area contributed by atoms with Gasteiger partial charge in [-0.15, -0.1) is 0 Å². The maximum absolute atomic E-state index is 13.2. The van der Waals surface area contributed by atoms with Gasteiger partial charge in [-0.1, -0.05) is 42.5 Å². The summed E-state index contributed by atoms with van der Waals surface area (Å²) < 4.78 is 24.2. The van der Waals surface area contributed by atoms with Crippen LogP contribution in [-0.4, -0.2) is 30.9 Å². The largest absolute Gasteiger partial charge is 0.465 e.